The van der Waals surface area contributed by atoms with Crippen molar-refractivity contribution in [2.75, 3.05) is 32.7 Å². The lowest BCUT2D eigenvalue weighted by atomic mass is 10.0. The summed E-state index contributed by atoms with van der Waals surface area (Å²) in [5.41, 5.74) is 3.52. The highest BCUT2D eigenvalue weighted by Gasteiger charge is 2.22. The molecule has 1 aliphatic rings. The SMILES string of the molecule is CCC(C)N1CCN(CC(O)c2ccc(C)cc2C)CC1. The van der Waals surface area contributed by atoms with Crippen LogP contribution in [0.3, 0.4) is 0 Å². The zero-order valence-corrected chi connectivity index (χ0v) is 14.0. The van der Waals surface area contributed by atoms with Gasteiger partial charge in [-0.25, -0.2) is 0 Å². The Labute approximate surface area is 129 Å². The highest BCUT2D eigenvalue weighted by Crippen LogP contribution is 2.20. The number of aliphatic hydroxyl groups is 1. The number of hydrogen-bond acceptors (Lipinski definition) is 3. The third-order valence-electron chi connectivity index (χ3n) is 4.84. The average molecular weight is 290 g/mol. The van der Waals surface area contributed by atoms with Gasteiger partial charge in [0, 0.05) is 38.8 Å². The Kier molecular flexibility index (Phi) is 5.80. The molecule has 1 N–H and O–H groups in total. The van der Waals surface area contributed by atoms with Crippen molar-refractivity contribution in [1.82, 2.24) is 9.80 Å². The van der Waals surface area contributed by atoms with E-state index < -0.39 is 0 Å². The third-order valence-corrected chi connectivity index (χ3v) is 4.84. The first-order valence-electron chi connectivity index (χ1n) is 8.23. The van der Waals surface area contributed by atoms with E-state index in [0.717, 1.165) is 38.3 Å². The molecule has 0 bridgehead atoms. The zero-order valence-electron chi connectivity index (χ0n) is 14.0. The maximum absolute atomic E-state index is 10.5. The van der Waals surface area contributed by atoms with Gasteiger partial charge in [0.25, 0.3) is 0 Å². The van der Waals surface area contributed by atoms with E-state index in [-0.39, 0.29) is 6.10 Å². The third kappa shape index (κ3) is 4.29. The van der Waals surface area contributed by atoms with Crippen LogP contribution in [-0.4, -0.2) is 53.7 Å². The Bertz CT molecular complexity index is 453. The smallest absolute Gasteiger partial charge is 0.0919 e. The Morgan fingerprint density at radius 1 is 1.14 bits per heavy atom. The van der Waals surface area contributed by atoms with Crippen molar-refractivity contribution in [2.45, 2.75) is 46.3 Å². The summed E-state index contributed by atoms with van der Waals surface area (Å²) in [6.45, 7) is 13.9. The molecule has 1 aliphatic heterocycles. The summed E-state index contributed by atoms with van der Waals surface area (Å²) in [5, 5.41) is 10.5. The predicted octanol–water partition coefficient (Wildman–Crippen LogP) is 2.75. The predicted molar refractivity (Wildman–Crippen MR) is 88.6 cm³/mol. The molecule has 118 valence electrons. The molecule has 2 atom stereocenters. The Balaban J connectivity index is 1.88. The van der Waals surface area contributed by atoms with E-state index in [2.05, 4.69) is 55.7 Å². The van der Waals surface area contributed by atoms with Gasteiger partial charge in [-0.2, -0.15) is 0 Å². The number of nitrogens with zero attached hydrogens (tertiary/aromatic N) is 2. The van der Waals surface area contributed by atoms with Gasteiger partial charge in [-0.15, -0.1) is 0 Å². The maximum atomic E-state index is 10.5. The number of aliphatic hydroxyl groups excluding tert-OH is 1. The number of piperazine rings is 1. The fourth-order valence-electron chi connectivity index (χ4n) is 3.19. The molecule has 0 spiro atoms. The van der Waals surface area contributed by atoms with E-state index in [1.165, 1.54) is 17.5 Å². The van der Waals surface area contributed by atoms with Crippen molar-refractivity contribution in [3.63, 3.8) is 0 Å². The van der Waals surface area contributed by atoms with Gasteiger partial charge in [0.1, 0.15) is 0 Å². The first-order valence-corrected chi connectivity index (χ1v) is 8.23. The second-order valence-corrected chi connectivity index (χ2v) is 6.47. The second-order valence-electron chi connectivity index (χ2n) is 6.47. The molecule has 21 heavy (non-hydrogen) atoms. The van der Waals surface area contributed by atoms with E-state index in [9.17, 15) is 5.11 Å². The van der Waals surface area contributed by atoms with Crippen LogP contribution in [0.5, 0.6) is 0 Å². The number of benzene rings is 1. The van der Waals surface area contributed by atoms with Gasteiger partial charge in [0.2, 0.25) is 0 Å². The molecule has 3 heteroatoms. The fraction of sp³-hybridized carbons (Fsp3) is 0.667. The molecular weight excluding hydrogens is 260 g/mol. The van der Waals surface area contributed by atoms with Crippen molar-refractivity contribution in [3.05, 3.63) is 34.9 Å². The van der Waals surface area contributed by atoms with Crippen LogP contribution in [0.25, 0.3) is 0 Å². The molecule has 1 heterocycles. The van der Waals surface area contributed by atoms with Crippen LogP contribution in [0.2, 0.25) is 0 Å². The molecule has 0 aromatic heterocycles. The van der Waals surface area contributed by atoms with Crippen LogP contribution in [0.15, 0.2) is 18.2 Å². The highest BCUT2D eigenvalue weighted by molar-refractivity contribution is 5.32. The number of rotatable bonds is 5. The van der Waals surface area contributed by atoms with Crippen LogP contribution >= 0.6 is 0 Å². The van der Waals surface area contributed by atoms with Crippen LogP contribution in [-0.2, 0) is 0 Å². The summed E-state index contributed by atoms with van der Waals surface area (Å²) in [5.74, 6) is 0. The number of aryl methyl sites for hydroxylation is 2. The lowest BCUT2D eigenvalue weighted by Crippen LogP contribution is -2.50. The quantitative estimate of drug-likeness (QED) is 0.903. The van der Waals surface area contributed by atoms with Gasteiger partial charge in [-0.1, -0.05) is 30.7 Å². The maximum Gasteiger partial charge on any atom is 0.0919 e. The summed E-state index contributed by atoms with van der Waals surface area (Å²) in [6.07, 6.45) is 0.839. The normalized spacial score (nSPS) is 20.4. The molecular formula is C18H30N2O. The largest absolute Gasteiger partial charge is 0.387 e. The Hall–Kier alpha value is -0.900. The van der Waals surface area contributed by atoms with E-state index >= 15 is 0 Å². The van der Waals surface area contributed by atoms with E-state index in [1.807, 2.05) is 0 Å². The van der Waals surface area contributed by atoms with Crippen LogP contribution in [0.1, 0.15) is 43.1 Å². The second kappa shape index (κ2) is 7.39. The van der Waals surface area contributed by atoms with Gasteiger partial charge in [-0.3, -0.25) is 9.80 Å². The first-order chi connectivity index (χ1) is 10.0. The standard InChI is InChI=1S/C18H30N2O/c1-5-16(4)20-10-8-19(9-11-20)13-18(21)17-7-6-14(2)12-15(17)3/h6-7,12,16,18,21H,5,8-11,13H2,1-4H3. The molecule has 3 nitrogen and oxygen atoms in total. The van der Waals surface area contributed by atoms with Gasteiger partial charge in [0.15, 0.2) is 0 Å². The zero-order chi connectivity index (χ0) is 15.4. The lowest BCUT2D eigenvalue weighted by Gasteiger charge is -2.38. The molecule has 1 fully saturated rings. The molecule has 1 aromatic rings. The summed E-state index contributed by atoms with van der Waals surface area (Å²) in [4.78, 5) is 4.95. The van der Waals surface area contributed by atoms with Crippen LogP contribution in [0, 0.1) is 13.8 Å². The molecule has 2 unspecified atom stereocenters. The average Bonchev–Trinajstić information content (AvgIpc) is 2.47. The van der Waals surface area contributed by atoms with E-state index in [0.29, 0.717) is 6.04 Å². The molecule has 0 saturated carbocycles. The number of hydrogen-bond donors (Lipinski definition) is 1. The monoisotopic (exact) mass is 290 g/mol. The molecule has 0 aliphatic carbocycles. The minimum atomic E-state index is -0.374. The Morgan fingerprint density at radius 3 is 2.38 bits per heavy atom. The van der Waals surface area contributed by atoms with E-state index in [1.54, 1.807) is 0 Å². The molecule has 1 saturated heterocycles. The highest BCUT2D eigenvalue weighted by atomic mass is 16.3. The summed E-state index contributed by atoms with van der Waals surface area (Å²) in [6, 6.07) is 6.99. The molecule has 2 rings (SSSR count). The van der Waals surface area contributed by atoms with E-state index in [4.69, 9.17) is 0 Å². The van der Waals surface area contributed by atoms with Crippen LogP contribution in [0.4, 0.5) is 0 Å². The lowest BCUT2D eigenvalue weighted by molar-refractivity contribution is 0.0582. The topological polar surface area (TPSA) is 26.7 Å². The van der Waals surface area contributed by atoms with Crippen molar-refractivity contribution < 1.29 is 5.11 Å². The summed E-state index contributed by atoms with van der Waals surface area (Å²) < 4.78 is 0. The van der Waals surface area contributed by atoms with Crippen molar-refractivity contribution in [3.8, 4) is 0 Å². The molecule has 0 amide bonds. The molecule has 0 radical (unpaired) electrons. The van der Waals surface area contributed by atoms with Gasteiger partial charge < -0.3 is 5.11 Å². The van der Waals surface area contributed by atoms with Gasteiger partial charge in [0.05, 0.1) is 6.10 Å². The minimum Gasteiger partial charge on any atom is -0.387 e. The first kappa shape index (κ1) is 16.5. The molecule has 1 aromatic carbocycles. The van der Waals surface area contributed by atoms with Crippen molar-refractivity contribution in [2.24, 2.45) is 0 Å². The fourth-order valence-corrected chi connectivity index (χ4v) is 3.19. The Morgan fingerprint density at radius 2 is 1.81 bits per heavy atom. The number of β-amino-alcohol motifs (C(OH)–C–C–N with tert-alkyl or cyclic N) is 1. The van der Waals surface area contributed by atoms with Crippen molar-refractivity contribution >= 4 is 0 Å². The van der Waals surface area contributed by atoms with Crippen LogP contribution < -0.4 is 0 Å². The summed E-state index contributed by atoms with van der Waals surface area (Å²) >= 11 is 0. The van der Waals surface area contributed by atoms with Crippen molar-refractivity contribution in [1.29, 1.82) is 0 Å². The van der Waals surface area contributed by atoms with Gasteiger partial charge in [-0.05, 0) is 38.3 Å². The summed E-state index contributed by atoms with van der Waals surface area (Å²) in [7, 11) is 0. The minimum absolute atomic E-state index is 0.374. The van der Waals surface area contributed by atoms with Gasteiger partial charge >= 0.3 is 0 Å².